The average Bonchev–Trinajstić information content (AvgIpc) is 1.86. The predicted molar refractivity (Wildman–Crippen MR) is 54.0 cm³/mol. The zero-order chi connectivity index (χ0) is 8.48. The van der Waals surface area contributed by atoms with Crippen LogP contribution in [-0.4, -0.2) is 31.1 Å². The molecule has 1 aromatic carbocycles. The quantitative estimate of drug-likeness (QED) is 0.444. The molecule has 0 atom stereocenters. The molecule has 0 radical (unpaired) electrons. The normalized spacial score (nSPS) is 9.85. The summed E-state index contributed by atoms with van der Waals surface area (Å²) in [4.78, 5) is 0. The van der Waals surface area contributed by atoms with Gasteiger partial charge in [-0.1, -0.05) is 19.6 Å². The maximum absolute atomic E-state index is 12.4. The van der Waals surface area contributed by atoms with Gasteiger partial charge in [-0.05, 0) is 0 Å². The van der Waals surface area contributed by atoms with Crippen LogP contribution in [0.1, 0.15) is 0 Å². The first-order valence-corrected chi connectivity index (χ1v) is 7.18. The minimum atomic E-state index is -1.25. The van der Waals surface area contributed by atoms with Gasteiger partial charge in [0.25, 0.3) is 0 Å². The van der Waals surface area contributed by atoms with Gasteiger partial charge in [-0.2, -0.15) is 17.3 Å². The summed E-state index contributed by atoms with van der Waals surface area (Å²) in [5, 5.41) is 1.25. The maximum Gasteiger partial charge on any atom is 2.00 e. The molecule has 0 saturated carbocycles. The second-order valence-electron chi connectivity index (χ2n) is 3.68. The SMILES string of the molecule is C[Si](C)(C)c1c[c-]c(F)cc1.[Br-].[Mg+2]. The van der Waals surface area contributed by atoms with Crippen LogP contribution in [0.15, 0.2) is 18.2 Å². The fourth-order valence-electron chi connectivity index (χ4n) is 0.872. The van der Waals surface area contributed by atoms with Gasteiger partial charge in [0, 0.05) is 13.9 Å². The Morgan fingerprint density at radius 3 is 2.08 bits per heavy atom. The zero-order valence-corrected chi connectivity index (χ0v) is 12.2. The predicted octanol–water partition coefficient (Wildman–Crippen LogP) is -1.21. The van der Waals surface area contributed by atoms with Crippen LogP contribution >= 0.6 is 0 Å². The molecule has 0 nitrogen and oxygen atoms in total. The van der Waals surface area contributed by atoms with Gasteiger partial charge in [0.15, 0.2) is 0 Å². The summed E-state index contributed by atoms with van der Waals surface area (Å²) in [5.74, 6) is -0.271. The average molecular weight is 271 g/mol. The van der Waals surface area contributed by atoms with Crippen molar-refractivity contribution >= 4 is 36.3 Å². The fourth-order valence-corrected chi connectivity index (χ4v) is 1.96. The molecule has 0 N–H and O–H groups in total. The van der Waals surface area contributed by atoms with Crippen LogP contribution in [0.3, 0.4) is 0 Å². The number of halogens is 2. The van der Waals surface area contributed by atoms with E-state index in [0.29, 0.717) is 0 Å². The molecule has 0 aromatic heterocycles. The molecule has 0 amide bonds. The van der Waals surface area contributed by atoms with Crippen molar-refractivity contribution in [1.82, 2.24) is 0 Å². The molecular weight excluding hydrogens is 259 g/mol. The van der Waals surface area contributed by atoms with Crippen LogP contribution in [-0.2, 0) is 0 Å². The molecule has 1 rings (SSSR count). The molecule has 13 heavy (non-hydrogen) atoms. The van der Waals surface area contributed by atoms with Gasteiger partial charge in [0.1, 0.15) is 0 Å². The molecule has 0 spiro atoms. The number of hydrogen-bond acceptors (Lipinski definition) is 0. The van der Waals surface area contributed by atoms with E-state index in [2.05, 4.69) is 25.7 Å². The van der Waals surface area contributed by atoms with Gasteiger partial charge < -0.3 is 17.0 Å². The fraction of sp³-hybridized carbons (Fsp3) is 0.333. The van der Waals surface area contributed by atoms with Gasteiger partial charge in [0.2, 0.25) is 0 Å². The molecular formula is C9H12BrFMgSi. The first kappa shape index (κ1) is 16.1. The van der Waals surface area contributed by atoms with Gasteiger partial charge in [-0.15, -0.1) is 12.1 Å². The number of rotatable bonds is 1. The van der Waals surface area contributed by atoms with Crippen LogP contribution < -0.4 is 22.2 Å². The van der Waals surface area contributed by atoms with Crippen LogP contribution in [0.5, 0.6) is 0 Å². The summed E-state index contributed by atoms with van der Waals surface area (Å²) in [6.07, 6.45) is 0. The van der Waals surface area contributed by atoms with Gasteiger partial charge >= 0.3 is 23.1 Å². The first-order chi connectivity index (χ1) is 5.00. The summed E-state index contributed by atoms with van der Waals surface area (Å²) < 4.78 is 12.4. The molecule has 68 valence electrons. The summed E-state index contributed by atoms with van der Waals surface area (Å²) in [5.41, 5.74) is 0. The molecule has 0 saturated heterocycles. The van der Waals surface area contributed by atoms with E-state index in [1.165, 1.54) is 11.3 Å². The molecule has 0 fully saturated rings. The third-order valence-corrected chi connectivity index (χ3v) is 3.68. The smallest absolute Gasteiger partial charge is 1.00 e. The number of hydrogen-bond donors (Lipinski definition) is 0. The third kappa shape index (κ3) is 5.15. The molecule has 1 aromatic rings. The van der Waals surface area contributed by atoms with E-state index < -0.39 is 8.07 Å². The Kier molecular flexibility index (Phi) is 7.61. The van der Waals surface area contributed by atoms with Crippen molar-refractivity contribution in [2.45, 2.75) is 19.6 Å². The van der Waals surface area contributed by atoms with E-state index in [9.17, 15) is 4.39 Å². The van der Waals surface area contributed by atoms with Crippen molar-refractivity contribution < 1.29 is 21.4 Å². The van der Waals surface area contributed by atoms with E-state index in [-0.39, 0.29) is 45.9 Å². The van der Waals surface area contributed by atoms with Crippen molar-refractivity contribution in [3.63, 3.8) is 0 Å². The second kappa shape index (κ2) is 6.16. The molecule has 0 heterocycles. The largest absolute Gasteiger partial charge is 2.00 e. The maximum atomic E-state index is 12.4. The summed E-state index contributed by atoms with van der Waals surface area (Å²) in [6.45, 7) is 6.69. The van der Waals surface area contributed by atoms with Crippen LogP contribution in [0.2, 0.25) is 19.6 Å². The summed E-state index contributed by atoms with van der Waals surface area (Å²) >= 11 is 0. The van der Waals surface area contributed by atoms with Crippen LogP contribution in [0.4, 0.5) is 4.39 Å². The molecule has 4 heteroatoms. The topological polar surface area (TPSA) is 0 Å². The van der Waals surface area contributed by atoms with E-state index >= 15 is 0 Å². The Labute approximate surface area is 107 Å². The first-order valence-electron chi connectivity index (χ1n) is 3.68. The molecule has 0 aliphatic heterocycles. The van der Waals surface area contributed by atoms with E-state index in [4.69, 9.17) is 0 Å². The van der Waals surface area contributed by atoms with Gasteiger partial charge in [-0.25, -0.2) is 4.39 Å². The Morgan fingerprint density at radius 2 is 1.77 bits per heavy atom. The Morgan fingerprint density at radius 1 is 1.23 bits per heavy atom. The summed E-state index contributed by atoms with van der Waals surface area (Å²) in [7, 11) is -1.25. The molecule has 0 bridgehead atoms. The Hall–Kier alpha value is 0.613. The van der Waals surface area contributed by atoms with E-state index in [1.54, 1.807) is 6.07 Å². The minimum Gasteiger partial charge on any atom is -1.00 e. The van der Waals surface area contributed by atoms with Crippen molar-refractivity contribution in [2.24, 2.45) is 0 Å². The molecule has 0 aliphatic rings. The van der Waals surface area contributed by atoms with Crippen LogP contribution in [0, 0.1) is 11.9 Å². The summed E-state index contributed by atoms with van der Waals surface area (Å²) in [6, 6.07) is 7.68. The molecule has 0 aliphatic carbocycles. The van der Waals surface area contributed by atoms with Crippen LogP contribution in [0.25, 0.3) is 0 Å². The molecule has 0 unspecified atom stereocenters. The zero-order valence-electron chi connectivity index (χ0n) is 8.20. The number of benzene rings is 1. The van der Waals surface area contributed by atoms with Crippen molar-refractivity contribution in [3.8, 4) is 0 Å². The van der Waals surface area contributed by atoms with E-state index in [0.717, 1.165) is 0 Å². The van der Waals surface area contributed by atoms with Gasteiger partial charge in [-0.3, -0.25) is 0 Å². The Balaban J connectivity index is 0. The van der Waals surface area contributed by atoms with E-state index in [1.807, 2.05) is 6.07 Å². The van der Waals surface area contributed by atoms with Crippen molar-refractivity contribution in [2.75, 3.05) is 0 Å². The Bertz CT molecular complexity index is 243. The van der Waals surface area contributed by atoms with Crippen molar-refractivity contribution in [1.29, 1.82) is 0 Å². The third-order valence-electron chi connectivity index (χ3n) is 1.64. The van der Waals surface area contributed by atoms with Gasteiger partial charge in [0.05, 0.1) is 0 Å². The minimum absolute atomic E-state index is 0. The van der Waals surface area contributed by atoms with Crippen molar-refractivity contribution in [3.05, 3.63) is 30.1 Å². The standard InChI is InChI=1S/C9H12FSi.BrH.Mg/c1-11(2,3)9-6-4-8(10)5-7-9;;/h4,6-7H,1-3H3;1H;/q-1;;+2/p-1. The monoisotopic (exact) mass is 270 g/mol. The second-order valence-corrected chi connectivity index (χ2v) is 8.75.